The number of hydrogen-bond donors (Lipinski definition) is 1. The van der Waals surface area contributed by atoms with Crippen LogP contribution < -0.4 is 4.74 Å². The number of carboxylic acids is 1. The van der Waals surface area contributed by atoms with Gasteiger partial charge >= 0.3 is 5.97 Å². The summed E-state index contributed by atoms with van der Waals surface area (Å²) in [4.78, 5) is 11.2. The van der Waals surface area contributed by atoms with E-state index in [0.29, 0.717) is 6.42 Å². The molecule has 1 aliphatic rings. The lowest BCUT2D eigenvalue weighted by Crippen LogP contribution is -2.37. The Bertz CT molecular complexity index is 537. The molecule has 20 heavy (non-hydrogen) atoms. The molecule has 0 spiro atoms. The van der Waals surface area contributed by atoms with Crippen LogP contribution in [0.1, 0.15) is 44.5 Å². The van der Waals surface area contributed by atoms with Gasteiger partial charge < -0.3 is 14.6 Å². The van der Waals surface area contributed by atoms with E-state index in [4.69, 9.17) is 14.6 Å². The van der Waals surface area contributed by atoms with Gasteiger partial charge in [0.2, 0.25) is 0 Å². The average molecular weight is 282 g/mol. The standard InChI is InChI=1S/C15H19FO4/c1-14(2)8-12(15(3,4)20-14)19-11-6-5-9(16)7-10(11)13(17)18/h5-7,12H,8H2,1-4H3,(H,17,18). The smallest absolute Gasteiger partial charge is 0.339 e. The Morgan fingerprint density at radius 1 is 1.40 bits per heavy atom. The van der Waals surface area contributed by atoms with Gasteiger partial charge in [-0.25, -0.2) is 9.18 Å². The normalized spacial score (nSPS) is 23.6. The third-order valence-electron chi connectivity index (χ3n) is 3.43. The van der Waals surface area contributed by atoms with Crippen molar-refractivity contribution in [1.29, 1.82) is 0 Å². The van der Waals surface area contributed by atoms with Crippen molar-refractivity contribution in [2.45, 2.75) is 51.4 Å². The van der Waals surface area contributed by atoms with E-state index in [1.54, 1.807) is 0 Å². The Kier molecular flexibility index (Phi) is 3.50. The maximum atomic E-state index is 13.2. The van der Waals surface area contributed by atoms with E-state index < -0.39 is 17.4 Å². The maximum absolute atomic E-state index is 13.2. The molecule has 2 rings (SSSR count). The summed E-state index contributed by atoms with van der Waals surface area (Å²) in [5, 5.41) is 9.12. The Morgan fingerprint density at radius 2 is 2.05 bits per heavy atom. The van der Waals surface area contributed by atoms with Crippen LogP contribution in [0.25, 0.3) is 0 Å². The predicted octanol–water partition coefficient (Wildman–Crippen LogP) is 3.25. The Morgan fingerprint density at radius 3 is 2.55 bits per heavy atom. The first kappa shape index (κ1) is 14.8. The Hall–Kier alpha value is -1.62. The molecule has 0 amide bonds. The highest BCUT2D eigenvalue weighted by Gasteiger charge is 2.47. The highest BCUT2D eigenvalue weighted by atomic mass is 19.1. The number of carbonyl (C=O) groups is 1. The number of hydrogen-bond acceptors (Lipinski definition) is 3. The van der Waals surface area contributed by atoms with Gasteiger partial charge in [-0.2, -0.15) is 0 Å². The molecule has 110 valence electrons. The van der Waals surface area contributed by atoms with Crippen molar-refractivity contribution in [3.63, 3.8) is 0 Å². The lowest BCUT2D eigenvalue weighted by atomic mass is 9.97. The van der Waals surface area contributed by atoms with Gasteiger partial charge in [0.1, 0.15) is 28.8 Å². The van der Waals surface area contributed by atoms with Gasteiger partial charge in [0.25, 0.3) is 0 Å². The van der Waals surface area contributed by atoms with Crippen LogP contribution in [-0.2, 0) is 4.74 Å². The SMILES string of the molecule is CC1(C)CC(Oc2ccc(F)cc2C(=O)O)C(C)(C)O1. The predicted molar refractivity (Wildman–Crippen MR) is 71.6 cm³/mol. The quantitative estimate of drug-likeness (QED) is 0.924. The van der Waals surface area contributed by atoms with Crippen molar-refractivity contribution >= 4 is 5.97 Å². The van der Waals surface area contributed by atoms with E-state index in [1.807, 2.05) is 27.7 Å². The minimum atomic E-state index is -1.21. The first-order valence-corrected chi connectivity index (χ1v) is 6.50. The fourth-order valence-electron chi connectivity index (χ4n) is 2.62. The Labute approximate surface area is 117 Å². The number of halogens is 1. The van der Waals surface area contributed by atoms with Crippen molar-refractivity contribution in [3.05, 3.63) is 29.6 Å². The van der Waals surface area contributed by atoms with E-state index in [-0.39, 0.29) is 23.0 Å². The van der Waals surface area contributed by atoms with Crippen LogP contribution in [0.15, 0.2) is 18.2 Å². The van der Waals surface area contributed by atoms with Crippen molar-refractivity contribution in [2.24, 2.45) is 0 Å². The van der Waals surface area contributed by atoms with Gasteiger partial charge in [-0.05, 0) is 45.9 Å². The molecule has 0 saturated carbocycles. The van der Waals surface area contributed by atoms with Crippen LogP contribution in [0.2, 0.25) is 0 Å². The third-order valence-corrected chi connectivity index (χ3v) is 3.43. The van der Waals surface area contributed by atoms with Crippen molar-refractivity contribution < 1.29 is 23.8 Å². The van der Waals surface area contributed by atoms with Gasteiger partial charge in [-0.15, -0.1) is 0 Å². The summed E-state index contributed by atoms with van der Waals surface area (Å²) >= 11 is 0. The fourth-order valence-corrected chi connectivity index (χ4v) is 2.62. The summed E-state index contributed by atoms with van der Waals surface area (Å²) in [5.41, 5.74) is -1.05. The largest absolute Gasteiger partial charge is 0.486 e. The number of benzene rings is 1. The minimum Gasteiger partial charge on any atom is -0.486 e. The summed E-state index contributed by atoms with van der Waals surface area (Å²) in [6, 6.07) is 3.50. The van der Waals surface area contributed by atoms with E-state index in [2.05, 4.69) is 0 Å². The lowest BCUT2D eigenvalue weighted by Gasteiger charge is -2.27. The van der Waals surface area contributed by atoms with Crippen molar-refractivity contribution in [2.75, 3.05) is 0 Å². The van der Waals surface area contributed by atoms with Gasteiger partial charge in [0.15, 0.2) is 0 Å². The zero-order chi connectivity index (χ0) is 15.1. The number of ether oxygens (including phenoxy) is 2. The fraction of sp³-hybridized carbons (Fsp3) is 0.533. The number of aromatic carboxylic acids is 1. The molecule has 4 nitrogen and oxygen atoms in total. The molecule has 0 aromatic heterocycles. The van der Waals surface area contributed by atoms with Gasteiger partial charge in [-0.1, -0.05) is 0 Å². The van der Waals surface area contributed by atoms with Crippen LogP contribution >= 0.6 is 0 Å². The lowest BCUT2D eigenvalue weighted by molar-refractivity contribution is -0.0847. The second-order valence-electron chi connectivity index (χ2n) is 6.22. The number of rotatable bonds is 3. The summed E-state index contributed by atoms with van der Waals surface area (Å²) in [7, 11) is 0. The highest BCUT2D eigenvalue weighted by molar-refractivity contribution is 5.90. The van der Waals surface area contributed by atoms with Gasteiger partial charge in [0.05, 0.1) is 5.60 Å². The summed E-state index contributed by atoms with van der Waals surface area (Å²) in [6.07, 6.45) is 0.345. The van der Waals surface area contributed by atoms with Gasteiger partial charge in [0, 0.05) is 6.42 Å². The summed E-state index contributed by atoms with van der Waals surface area (Å²) in [6.45, 7) is 7.72. The highest BCUT2D eigenvalue weighted by Crippen LogP contribution is 2.40. The average Bonchev–Trinajstić information content (AvgIpc) is 2.48. The zero-order valence-corrected chi connectivity index (χ0v) is 12.1. The molecule has 0 radical (unpaired) electrons. The number of carboxylic acid groups (broad SMARTS) is 1. The molecule has 1 unspecified atom stereocenters. The van der Waals surface area contributed by atoms with E-state index in [0.717, 1.165) is 6.07 Å². The van der Waals surface area contributed by atoms with Crippen LogP contribution in [0.5, 0.6) is 5.75 Å². The maximum Gasteiger partial charge on any atom is 0.339 e. The third kappa shape index (κ3) is 2.93. The van der Waals surface area contributed by atoms with E-state index in [9.17, 15) is 9.18 Å². The molecule has 1 N–H and O–H groups in total. The topological polar surface area (TPSA) is 55.8 Å². The van der Waals surface area contributed by atoms with E-state index >= 15 is 0 Å². The van der Waals surface area contributed by atoms with Crippen LogP contribution in [0.3, 0.4) is 0 Å². The van der Waals surface area contributed by atoms with Crippen LogP contribution in [-0.4, -0.2) is 28.4 Å². The molecular weight excluding hydrogens is 263 g/mol. The molecule has 1 saturated heterocycles. The Balaban J connectivity index is 2.29. The monoisotopic (exact) mass is 282 g/mol. The van der Waals surface area contributed by atoms with E-state index in [1.165, 1.54) is 12.1 Å². The summed E-state index contributed by atoms with van der Waals surface area (Å²) in [5.74, 6) is -1.65. The molecule has 0 bridgehead atoms. The van der Waals surface area contributed by atoms with Crippen LogP contribution in [0.4, 0.5) is 4.39 Å². The zero-order valence-electron chi connectivity index (χ0n) is 12.1. The molecule has 1 aromatic rings. The minimum absolute atomic E-state index is 0.165. The summed E-state index contributed by atoms with van der Waals surface area (Å²) < 4.78 is 24.9. The second-order valence-corrected chi connectivity index (χ2v) is 6.22. The van der Waals surface area contributed by atoms with Crippen LogP contribution in [0, 0.1) is 5.82 Å². The van der Waals surface area contributed by atoms with Gasteiger partial charge in [-0.3, -0.25) is 0 Å². The molecule has 5 heteroatoms. The molecule has 0 aliphatic carbocycles. The van der Waals surface area contributed by atoms with Crippen molar-refractivity contribution in [3.8, 4) is 5.75 Å². The molecule has 1 aromatic carbocycles. The molecule has 1 fully saturated rings. The first-order chi connectivity index (χ1) is 9.11. The molecule has 1 aliphatic heterocycles. The first-order valence-electron chi connectivity index (χ1n) is 6.50. The molecule has 1 atom stereocenters. The molecular formula is C15H19FO4. The van der Waals surface area contributed by atoms with Crippen molar-refractivity contribution in [1.82, 2.24) is 0 Å². The molecule has 1 heterocycles. The second kappa shape index (κ2) is 4.74.